The van der Waals surface area contributed by atoms with Gasteiger partial charge in [0.25, 0.3) is 5.91 Å². The fourth-order valence-corrected chi connectivity index (χ4v) is 3.99. The van der Waals surface area contributed by atoms with Crippen molar-refractivity contribution < 1.29 is 9.59 Å². The number of nitrogens with one attached hydrogen (secondary N) is 2. The van der Waals surface area contributed by atoms with Crippen molar-refractivity contribution in [3.05, 3.63) is 22.4 Å². The molecule has 2 amide bonds. The minimum Gasteiger partial charge on any atom is -0.340 e. The maximum absolute atomic E-state index is 12.8. The molecule has 5 nitrogen and oxygen atoms in total. The lowest BCUT2D eigenvalue weighted by molar-refractivity contribution is -0.133. The largest absolute Gasteiger partial charge is 0.340 e. The van der Waals surface area contributed by atoms with Crippen LogP contribution in [0, 0.1) is 17.8 Å². The van der Waals surface area contributed by atoms with Crippen LogP contribution in [-0.4, -0.2) is 48.9 Å². The molecular weight excluding hydrogens is 298 g/mol. The number of carbonyl (C=O) groups excluding carboxylic acids is 2. The van der Waals surface area contributed by atoms with Crippen LogP contribution in [0.3, 0.4) is 0 Å². The second-order valence-electron chi connectivity index (χ2n) is 6.59. The van der Waals surface area contributed by atoms with Crippen LogP contribution in [0.15, 0.2) is 17.5 Å². The van der Waals surface area contributed by atoms with Gasteiger partial charge in [-0.1, -0.05) is 19.9 Å². The highest BCUT2D eigenvalue weighted by molar-refractivity contribution is 7.12. The number of nitrogens with zero attached hydrogens (tertiary/aromatic N) is 1. The maximum atomic E-state index is 12.8. The molecule has 22 heavy (non-hydrogen) atoms. The number of carbonyl (C=O) groups is 2. The number of hydrogen-bond donors (Lipinski definition) is 2. The Labute approximate surface area is 135 Å². The van der Waals surface area contributed by atoms with Crippen molar-refractivity contribution in [1.82, 2.24) is 15.5 Å². The summed E-state index contributed by atoms with van der Waals surface area (Å²) in [6.07, 6.45) is 0. The lowest BCUT2D eigenvalue weighted by Gasteiger charge is -2.27. The molecule has 6 heteroatoms. The third-order valence-corrected chi connectivity index (χ3v) is 5.53. The fourth-order valence-electron chi connectivity index (χ4n) is 3.37. The van der Waals surface area contributed by atoms with E-state index in [9.17, 15) is 9.59 Å². The van der Waals surface area contributed by atoms with Gasteiger partial charge >= 0.3 is 0 Å². The summed E-state index contributed by atoms with van der Waals surface area (Å²) in [6, 6.07) is 3.19. The molecular formula is C16H23N3O2S. The Morgan fingerprint density at radius 1 is 1.32 bits per heavy atom. The summed E-state index contributed by atoms with van der Waals surface area (Å²) in [7, 11) is 0. The summed E-state index contributed by atoms with van der Waals surface area (Å²) >= 11 is 1.40. The van der Waals surface area contributed by atoms with E-state index < -0.39 is 6.04 Å². The predicted molar refractivity (Wildman–Crippen MR) is 86.8 cm³/mol. The Morgan fingerprint density at radius 2 is 2.00 bits per heavy atom. The minimum atomic E-state index is -0.443. The zero-order valence-corrected chi connectivity index (χ0v) is 13.9. The van der Waals surface area contributed by atoms with E-state index in [-0.39, 0.29) is 17.7 Å². The second kappa shape index (κ2) is 6.38. The van der Waals surface area contributed by atoms with Gasteiger partial charge in [-0.2, -0.15) is 0 Å². The summed E-state index contributed by atoms with van der Waals surface area (Å²) in [5.41, 5.74) is 0. The molecule has 0 aliphatic carbocycles. The number of thiophene rings is 1. The summed E-state index contributed by atoms with van der Waals surface area (Å²) in [5, 5.41) is 8.18. The van der Waals surface area contributed by atoms with Crippen LogP contribution in [0.25, 0.3) is 0 Å². The molecule has 120 valence electrons. The van der Waals surface area contributed by atoms with Gasteiger partial charge < -0.3 is 15.5 Å². The van der Waals surface area contributed by atoms with Gasteiger partial charge in [-0.3, -0.25) is 9.59 Å². The van der Waals surface area contributed by atoms with E-state index in [0.29, 0.717) is 16.7 Å². The minimum absolute atomic E-state index is 0.0642. The molecule has 2 saturated heterocycles. The van der Waals surface area contributed by atoms with E-state index in [4.69, 9.17) is 0 Å². The highest BCUT2D eigenvalue weighted by Gasteiger charge is 2.40. The van der Waals surface area contributed by atoms with E-state index in [1.807, 2.05) is 30.2 Å². The van der Waals surface area contributed by atoms with Crippen LogP contribution in [0.5, 0.6) is 0 Å². The average molecular weight is 321 g/mol. The normalized spacial score (nSPS) is 25.3. The van der Waals surface area contributed by atoms with E-state index in [1.165, 1.54) is 11.3 Å². The Kier molecular flexibility index (Phi) is 4.49. The third kappa shape index (κ3) is 3.03. The van der Waals surface area contributed by atoms with Crippen LogP contribution in [0.4, 0.5) is 0 Å². The molecule has 2 N–H and O–H groups in total. The molecule has 1 unspecified atom stereocenters. The maximum Gasteiger partial charge on any atom is 0.262 e. The Morgan fingerprint density at radius 3 is 2.55 bits per heavy atom. The lowest BCUT2D eigenvalue weighted by Crippen LogP contribution is -2.51. The lowest BCUT2D eigenvalue weighted by atomic mass is 10.0. The van der Waals surface area contributed by atoms with Crippen LogP contribution in [0.2, 0.25) is 0 Å². The zero-order chi connectivity index (χ0) is 15.7. The standard InChI is InChI=1S/C16H23N3O2S/c1-10(2)14(18-15(20)13-4-3-5-22-13)16(21)19-8-11-6-17-7-12(11)9-19/h3-5,10-12,14,17H,6-9H2,1-2H3,(H,18,20)/t11-,12+,14?. The number of amides is 2. The second-order valence-corrected chi connectivity index (χ2v) is 7.54. The summed E-state index contributed by atoms with van der Waals surface area (Å²) in [6.45, 7) is 7.60. The molecule has 2 aliphatic heterocycles. The molecule has 0 spiro atoms. The molecule has 0 aromatic carbocycles. The Hall–Kier alpha value is -1.40. The molecule has 3 atom stereocenters. The molecule has 0 bridgehead atoms. The van der Waals surface area contributed by atoms with Gasteiger partial charge in [-0.05, 0) is 29.2 Å². The predicted octanol–water partition coefficient (Wildman–Crippen LogP) is 1.18. The fraction of sp³-hybridized carbons (Fsp3) is 0.625. The van der Waals surface area contributed by atoms with Gasteiger partial charge in [0.15, 0.2) is 0 Å². The van der Waals surface area contributed by atoms with E-state index in [2.05, 4.69) is 10.6 Å². The average Bonchev–Trinajstić information content (AvgIpc) is 3.17. The molecule has 2 aliphatic rings. The zero-order valence-electron chi connectivity index (χ0n) is 13.0. The van der Waals surface area contributed by atoms with Gasteiger partial charge in [-0.25, -0.2) is 0 Å². The van der Waals surface area contributed by atoms with Crippen molar-refractivity contribution in [2.75, 3.05) is 26.2 Å². The summed E-state index contributed by atoms with van der Waals surface area (Å²) < 4.78 is 0. The van der Waals surface area contributed by atoms with Crippen molar-refractivity contribution in [3.63, 3.8) is 0 Å². The molecule has 3 rings (SSSR count). The Bertz CT molecular complexity index is 532. The molecule has 1 aromatic rings. The van der Waals surface area contributed by atoms with E-state index in [1.54, 1.807) is 6.07 Å². The summed E-state index contributed by atoms with van der Waals surface area (Å²) in [4.78, 5) is 27.7. The van der Waals surface area contributed by atoms with Gasteiger partial charge in [-0.15, -0.1) is 11.3 Å². The van der Waals surface area contributed by atoms with Crippen molar-refractivity contribution >= 4 is 23.2 Å². The quantitative estimate of drug-likeness (QED) is 0.875. The number of fused-ring (bicyclic) bond motifs is 1. The third-order valence-electron chi connectivity index (χ3n) is 4.67. The molecule has 1 aromatic heterocycles. The molecule has 2 fully saturated rings. The number of rotatable bonds is 4. The van der Waals surface area contributed by atoms with Crippen LogP contribution < -0.4 is 10.6 Å². The van der Waals surface area contributed by atoms with Gasteiger partial charge in [0, 0.05) is 26.2 Å². The van der Waals surface area contributed by atoms with Gasteiger partial charge in [0.2, 0.25) is 5.91 Å². The topological polar surface area (TPSA) is 61.4 Å². The number of hydrogen-bond acceptors (Lipinski definition) is 4. The first-order valence-electron chi connectivity index (χ1n) is 7.90. The van der Waals surface area contributed by atoms with Crippen molar-refractivity contribution in [3.8, 4) is 0 Å². The van der Waals surface area contributed by atoms with Crippen LogP contribution in [0.1, 0.15) is 23.5 Å². The van der Waals surface area contributed by atoms with Crippen molar-refractivity contribution in [1.29, 1.82) is 0 Å². The first-order chi connectivity index (χ1) is 10.6. The van der Waals surface area contributed by atoms with Gasteiger partial charge in [0.05, 0.1) is 4.88 Å². The van der Waals surface area contributed by atoms with Crippen molar-refractivity contribution in [2.45, 2.75) is 19.9 Å². The van der Waals surface area contributed by atoms with Crippen molar-refractivity contribution in [2.24, 2.45) is 17.8 Å². The first-order valence-corrected chi connectivity index (χ1v) is 8.78. The Balaban J connectivity index is 1.66. The van der Waals surface area contributed by atoms with Crippen LogP contribution >= 0.6 is 11.3 Å². The smallest absolute Gasteiger partial charge is 0.262 e. The highest BCUT2D eigenvalue weighted by Crippen LogP contribution is 2.27. The van der Waals surface area contributed by atoms with Gasteiger partial charge in [0.1, 0.15) is 6.04 Å². The van der Waals surface area contributed by atoms with E-state index >= 15 is 0 Å². The molecule has 0 saturated carbocycles. The molecule has 0 radical (unpaired) electrons. The number of likely N-dealkylation sites (tertiary alicyclic amines) is 1. The highest BCUT2D eigenvalue weighted by atomic mass is 32.1. The monoisotopic (exact) mass is 321 g/mol. The van der Waals surface area contributed by atoms with Crippen LogP contribution in [-0.2, 0) is 4.79 Å². The first kappa shape index (κ1) is 15.5. The molecule has 3 heterocycles. The summed E-state index contributed by atoms with van der Waals surface area (Å²) in [5.74, 6) is 1.14. The SMILES string of the molecule is CC(C)C(NC(=O)c1cccs1)C(=O)N1C[C@H]2CNC[C@H]2C1. The van der Waals surface area contributed by atoms with E-state index in [0.717, 1.165) is 26.2 Å².